The predicted octanol–water partition coefficient (Wildman–Crippen LogP) is 3.20. The van der Waals surface area contributed by atoms with E-state index in [-0.39, 0.29) is 11.6 Å². The summed E-state index contributed by atoms with van der Waals surface area (Å²) in [5.41, 5.74) is 2.03. The van der Waals surface area contributed by atoms with Gasteiger partial charge in [-0.1, -0.05) is 30.3 Å². The predicted molar refractivity (Wildman–Crippen MR) is 78.5 cm³/mol. The van der Waals surface area contributed by atoms with E-state index in [0.29, 0.717) is 5.82 Å². The van der Waals surface area contributed by atoms with Crippen LogP contribution in [0.2, 0.25) is 0 Å². The topological polar surface area (TPSA) is 54.0 Å². The fourth-order valence-electron chi connectivity index (χ4n) is 2.34. The maximum Gasteiger partial charge on any atom is 0.321 e. The van der Waals surface area contributed by atoms with E-state index in [4.69, 9.17) is 0 Å². The number of nitrogens with zero attached hydrogens (tertiary/aromatic N) is 1. The first-order valence-electron chi connectivity index (χ1n) is 6.75. The number of nitrogens with one attached hydrogen (secondary N) is 2. The van der Waals surface area contributed by atoms with E-state index in [1.807, 2.05) is 37.3 Å². The normalized spacial score (nSPS) is 15.4. The van der Waals surface area contributed by atoms with Gasteiger partial charge in [0.15, 0.2) is 0 Å². The van der Waals surface area contributed by atoms with E-state index in [9.17, 15) is 4.79 Å². The summed E-state index contributed by atoms with van der Waals surface area (Å²) in [6.07, 6.45) is 3.65. The first-order valence-corrected chi connectivity index (χ1v) is 6.75. The minimum Gasteiger partial charge on any atom is -0.328 e. The van der Waals surface area contributed by atoms with Crippen LogP contribution >= 0.6 is 0 Å². The molecule has 1 heterocycles. The van der Waals surface area contributed by atoms with Gasteiger partial charge >= 0.3 is 6.03 Å². The average molecular weight is 267 g/mol. The monoisotopic (exact) mass is 267 g/mol. The van der Waals surface area contributed by atoms with Gasteiger partial charge in [-0.3, -0.25) is 5.32 Å². The molecule has 0 radical (unpaired) electrons. The van der Waals surface area contributed by atoms with Crippen molar-refractivity contribution in [3.05, 3.63) is 59.8 Å². The van der Waals surface area contributed by atoms with Gasteiger partial charge < -0.3 is 5.32 Å². The van der Waals surface area contributed by atoms with Crippen molar-refractivity contribution in [1.82, 2.24) is 10.3 Å². The van der Waals surface area contributed by atoms with Crippen LogP contribution in [-0.2, 0) is 5.54 Å². The van der Waals surface area contributed by atoms with Crippen LogP contribution in [-0.4, -0.2) is 11.0 Å². The molecule has 1 aliphatic rings. The third-order valence-corrected chi connectivity index (χ3v) is 3.59. The second-order valence-electron chi connectivity index (χ2n) is 5.25. The fourth-order valence-corrected chi connectivity index (χ4v) is 2.34. The number of urea groups is 1. The van der Waals surface area contributed by atoms with E-state index < -0.39 is 0 Å². The van der Waals surface area contributed by atoms with Gasteiger partial charge in [-0.2, -0.15) is 0 Å². The minimum atomic E-state index is -0.204. The molecule has 2 aromatic rings. The number of rotatable bonds is 3. The van der Waals surface area contributed by atoms with Crippen molar-refractivity contribution in [3.63, 3.8) is 0 Å². The molecule has 1 aromatic carbocycles. The van der Waals surface area contributed by atoms with Gasteiger partial charge in [0.05, 0.1) is 5.54 Å². The second kappa shape index (κ2) is 4.96. The van der Waals surface area contributed by atoms with Crippen LogP contribution in [0.1, 0.15) is 24.0 Å². The Bertz CT molecular complexity index is 621. The summed E-state index contributed by atoms with van der Waals surface area (Å²) in [4.78, 5) is 16.2. The molecule has 4 nitrogen and oxygen atoms in total. The molecule has 20 heavy (non-hydrogen) atoms. The number of benzene rings is 1. The molecular weight excluding hydrogens is 250 g/mol. The molecule has 0 saturated heterocycles. The zero-order chi connectivity index (χ0) is 14.0. The highest BCUT2D eigenvalue weighted by atomic mass is 16.2. The SMILES string of the molecule is Cc1ccnc(NC(=O)NC2(c3ccccc3)CC2)c1. The molecule has 1 aromatic heterocycles. The van der Waals surface area contributed by atoms with Gasteiger partial charge in [-0.15, -0.1) is 0 Å². The Balaban J connectivity index is 1.68. The van der Waals surface area contributed by atoms with Crippen molar-refractivity contribution in [1.29, 1.82) is 0 Å². The minimum absolute atomic E-state index is 0.199. The van der Waals surface area contributed by atoms with E-state index >= 15 is 0 Å². The Morgan fingerprint density at radius 1 is 1.20 bits per heavy atom. The molecule has 102 valence electrons. The van der Waals surface area contributed by atoms with E-state index in [1.165, 1.54) is 0 Å². The van der Waals surface area contributed by atoms with Gasteiger partial charge in [-0.25, -0.2) is 9.78 Å². The molecule has 0 unspecified atom stereocenters. The molecule has 1 aliphatic carbocycles. The average Bonchev–Trinajstić information content (AvgIpc) is 3.20. The summed E-state index contributed by atoms with van der Waals surface area (Å²) in [5.74, 6) is 0.575. The molecule has 1 fully saturated rings. The van der Waals surface area contributed by atoms with Gasteiger partial charge in [0.25, 0.3) is 0 Å². The summed E-state index contributed by atoms with van der Waals surface area (Å²) < 4.78 is 0. The number of aromatic nitrogens is 1. The number of pyridine rings is 1. The summed E-state index contributed by atoms with van der Waals surface area (Å²) in [7, 11) is 0. The quantitative estimate of drug-likeness (QED) is 0.897. The van der Waals surface area contributed by atoms with E-state index in [2.05, 4.69) is 27.8 Å². The molecule has 1 saturated carbocycles. The Morgan fingerprint density at radius 3 is 2.60 bits per heavy atom. The highest BCUT2D eigenvalue weighted by Gasteiger charge is 2.45. The number of anilines is 1. The number of hydrogen-bond acceptors (Lipinski definition) is 2. The zero-order valence-electron chi connectivity index (χ0n) is 11.4. The smallest absolute Gasteiger partial charge is 0.321 e. The van der Waals surface area contributed by atoms with Crippen LogP contribution in [0.4, 0.5) is 10.6 Å². The van der Waals surface area contributed by atoms with Crippen LogP contribution in [0.3, 0.4) is 0 Å². The summed E-state index contributed by atoms with van der Waals surface area (Å²) >= 11 is 0. The van der Waals surface area contributed by atoms with Crippen molar-refractivity contribution in [2.24, 2.45) is 0 Å². The summed E-state index contributed by atoms with van der Waals surface area (Å²) in [6, 6.07) is 13.6. The Labute approximate surface area is 118 Å². The van der Waals surface area contributed by atoms with Gasteiger partial charge in [0.1, 0.15) is 5.82 Å². The first kappa shape index (κ1) is 12.7. The molecule has 0 bridgehead atoms. The Hall–Kier alpha value is -2.36. The van der Waals surface area contributed by atoms with Crippen LogP contribution in [0.5, 0.6) is 0 Å². The van der Waals surface area contributed by atoms with Crippen molar-refractivity contribution in [2.75, 3.05) is 5.32 Å². The molecule has 4 heteroatoms. The van der Waals surface area contributed by atoms with Crippen LogP contribution in [0, 0.1) is 6.92 Å². The highest BCUT2D eigenvalue weighted by molar-refractivity contribution is 5.89. The van der Waals surface area contributed by atoms with Gasteiger partial charge in [0.2, 0.25) is 0 Å². The lowest BCUT2D eigenvalue weighted by molar-refractivity contribution is 0.247. The number of hydrogen-bond donors (Lipinski definition) is 2. The maximum atomic E-state index is 12.1. The molecule has 0 aliphatic heterocycles. The number of aryl methyl sites for hydroxylation is 1. The molecule has 0 atom stereocenters. The van der Waals surface area contributed by atoms with Crippen LogP contribution < -0.4 is 10.6 Å². The standard InChI is InChI=1S/C16H17N3O/c1-12-7-10-17-14(11-12)18-15(20)19-16(8-9-16)13-5-3-2-4-6-13/h2-7,10-11H,8-9H2,1H3,(H2,17,18,19,20). The zero-order valence-corrected chi connectivity index (χ0v) is 11.4. The maximum absolute atomic E-state index is 12.1. The molecule has 0 spiro atoms. The van der Waals surface area contributed by atoms with Gasteiger partial charge in [0, 0.05) is 6.20 Å². The molecule has 2 N–H and O–H groups in total. The first-order chi connectivity index (χ1) is 9.68. The number of amides is 2. The van der Waals surface area contributed by atoms with E-state index in [1.54, 1.807) is 6.20 Å². The fraction of sp³-hybridized carbons (Fsp3) is 0.250. The van der Waals surface area contributed by atoms with Crippen molar-refractivity contribution in [3.8, 4) is 0 Å². The van der Waals surface area contributed by atoms with Crippen molar-refractivity contribution >= 4 is 11.8 Å². The van der Waals surface area contributed by atoms with Crippen molar-refractivity contribution in [2.45, 2.75) is 25.3 Å². The molecular formula is C16H17N3O. The lowest BCUT2D eigenvalue weighted by atomic mass is 10.1. The largest absolute Gasteiger partial charge is 0.328 e. The van der Waals surface area contributed by atoms with Gasteiger partial charge in [-0.05, 0) is 43.0 Å². The summed E-state index contributed by atoms with van der Waals surface area (Å²) in [5, 5.41) is 5.85. The van der Waals surface area contributed by atoms with Crippen LogP contribution in [0.25, 0.3) is 0 Å². The molecule has 2 amide bonds. The van der Waals surface area contributed by atoms with E-state index in [0.717, 1.165) is 24.0 Å². The lowest BCUT2D eigenvalue weighted by Crippen LogP contribution is -2.38. The van der Waals surface area contributed by atoms with Crippen LogP contribution in [0.15, 0.2) is 48.7 Å². The summed E-state index contributed by atoms with van der Waals surface area (Å²) in [6.45, 7) is 1.97. The third kappa shape index (κ3) is 2.64. The van der Waals surface area contributed by atoms with Crippen molar-refractivity contribution < 1.29 is 4.79 Å². The molecule has 3 rings (SSSR count). The Kier molecular flexibility index (Phi) is 3.14. The highest BCUT2D eigenvalue weighted by Crippen LogP contribution is 2.45. The Morgan fingerprint density at radius 2 is 1.95 bits per heavy atom. The third-order valence-electron chi connectivity index (χ3n) is 3.59. The number of carbonyl (C=O) groups excluding carboxylic acids is 1. The lowest BCUT2D eigenvalue weighted by Gasteiger charge is -2.18. The number of carbonyl (C=O) groups is 1. The second-order valence-corrected chi connectivity index (χ2v) is 5.25.